The molecule has 0 atom stereocenters. The first kappa shape index (κ1) is 11.0. The molecule has 0 aliphatic rings. The van der Waals surface area contributed by atoms with E-state index >= 15 is 0 Å². The lowest BCUT2D eigenvalue weighted by Gasteiger charge is -2.01. The molecular formula is C7H4F2N2O4. The largest absolute Gasteiger partial charge is 0.477 e. The van der Waals surface area contributed by atoms with E-state index in [0.717, 1.165) is 0 Å². The van der Waals surface area contributed by atoms with Gasteiger partial charge >= 0.3 is 11.7 Å². The van der Waals surface area contributed by atoms with Crippen LogP contribution >= 0.6 is 0 Å². The maximum absolute atomic E-state index is 12.1. The molecule has 80 valence electrons. The molecule has 0 unspecified atom stereocenters. The number of nitrogens with zero attached hydrogens (tertiary/aromatic N) is 2. The van der Waals surface area contributed by atoms with Gasteiger partial charge in [0.25, 0.3) is 6.43 Å². The highest BCUT2D eigenvalue weighted by Crippen LogP contribution is 2.23. The summed E-state index contributed by atoms with van der Waals surface area (Å²) >= 11 is 0. The number of pyridine rings is 1. The number of carbonyl (C=O) groups is 1. The lowest BCUT2D eigenvalue weighted by molar-refractivity contribution is -0.385. The summed E-state index contributed by atoms with van der Waals surface area (Å²) in [6.07, 6.45) is -2.46. The summed E-state index contributed by atoms with van der Waals surface area (Å²) in [6.45, 7) is 0. The predicted octanol–water partition coefficient (Wildman–Crippen LogP) is 1.63. The fourth-order valence-electron chi connectivity index (χ4n) is 0.900. The smallest absolute Gasteiger partial charge is 0.342 e. The molecule has 1 heterocycles. The van der Waals surface area contributed by atoms with Crippen LogP contribution < -0.4 is 0 Å². The Labute approximate surface area is 81.3 Å². The summed E-state index contributed by atoms with van der Waals surface area (Å²) in [7, 11) is 0. The van der Waals surface area contributed by atoms with Gasteiger partial charge in [0.1, 0.15) is 17.5 Å². The van der Waals surface area contributed by atoms with Gasteiger partial charge < -0.3 is 5.11 Å². The van der Waals surface area contributed by atoms with E-state index in [1.807, 2.05) is 0 Å². The molecule has 0 saturated carbocycles. The van der Waals surface area contributed by atoms with Crippen molar-refractivity contribution in [2.24, 2.45) is 0 Å². The highest BCUT2D eigenvalue weighted by molar-refractivity contribution is 5.92. The van der Waals surface area contributed by atoms with Crippen molar-refractivity contribution in [1.82, 2.24) is 4.98 Å². The van der Waals surface area contributed by atoms with E-state index in [1.165, 1.54) is 0 Å². The Morgan fingerprint density at radius 3 is 2.60 bits per heavy atom. The van der Waals surface area contributed by atoms with Gasteiger partial charge in [0.05, 0.1) is 4.92 Å². The number of alkyl halides is 2. The van der Waals surface area contributed by atoms with Gasteiger partial charge in [-0.05, 0) is 6.07 Å². The molecule has 15 heavy (non-hydrogen) atoms. The predicted molar refractivity (Wildman–Crippen MR) is 42.8 cm³/mol. The van der Waals surface area contributed by atoms with E-state index in [2.05, 4.69) is 4.98 Å². The summed E-state index contributed by atoms with van der Waals surface area (Å²) in [5.74, 6) is -1.65. The van der Waals surface area contributed by atoms with E-state index in [1.54, 1.807) is 0 Å². The van der Waals surface area contributed by atoms with Crippen LogP contribution in [0.15, 0.2) is 12.3 Å². The molecule has 1 N–H and O–H groups in total. The average molecular weight is 218 g/mol. The van der Waals surface area contributed by atoms with E-state index in [0.29, 0.717) is 12.3 Å². The van der Waals surface area contributed by atoms with Crippen molar-refractivity contribution in [3.8, 4) is 0 Å². The second-order valence-electron chi connectivity index (χ2n) is 2.49. The van der Waals surface area contributed by atoms with Crippen LogP contribution in [0.4, 0.5) is 14.5 Å². The number of hydrogen-bond donors (Lipinski definition) is 1. The summed E-state index contributed by atoms with van der Waals surface area (Å²) in [4.78, 5) is 22.9. The second kappa shape index (κ2) is 3.95. The van der Waals surface area contributed by atoms with Gasteiger partial charge in [-0.2, -0.15) is 0 Å². The SMILES string of the molecule is O=C(O)c1cc(C(F)F)ncc1[N+](=O)[O-]. The Kier molecular flexibility index (Phi) is 2.88. The summed E-state index contributed by atoms with van der Waals surface area (Å²) < 4.78 is 24.2. The van der Waals surface area contributed by atoms with Crippen molar-refractivity contribution in [2.45, 2.75) is 6.43 Å². The maximum Gasteiger partial charge on any atom is 0.342 e. The quantitative estimate of drug-likeness (QED) is 0.614. The molecule has 0 radical (unpaired) electrons. The molecule has 1 aromatic heterocycles. The zero-order valence-electron chi connectivity index (χ0n) is 7.05. The number of aromatic carboxylic acids is 1. The zero-order valence-corrected chi connectivity index (χ0v) is 7.05. The lowest BCUT2D eigenvalue weighted by atomic mass is 10.2. The number of halogens is 2. The Hall–Kier alpha value is -2.12. The molecule has 0 aromatic carbocycles. The van der Waals surface area contributed by atoms with Gasteiger partial charge in [0, 0.05) is 0 Å². The normalized spacial score (nSPS) is 10.3. The molecule has 0 bridgehead atoms. The summed E-state index contributed by atoms with van der Waals surface area (Å²) in [6, 6.07) is 0.491. The fourth-order valence-corrected chi connectivity index (χ4v) is 0.900. The Bertz CT molecular complexity index is 421. The molecular weight excluding hydrogens is 214 g/mol. The first-order valence-electron chi connectivity index (χ1n) is 3.59. The van der Waals surface area contributed by atoms with Crippen molar-refractivity contribution in [2.75, 3.05) is 0 Å². The van der Waals surface area contributed by atoms with Gasteiger partial charge in [-0.25, -0.2) is 18.6 Å². The first-order valence-corrected chi connectivity index (χ1v) is 3.59. The fraction of sp³-hybridized carbons (Fsp3) is 0.143. The molecule has 8 heteroatoms. The Balaban J connectivity index is 3.33. The topological polar surface area (TPSA) is 93.3 Å². The van der Waals surface area contributed by atoms with Crippen LogP contribution in [0.2, 0.25) is 0 Å². The van der Waals surface area contributed by atoms with Crippen LogP contribution in [0, 0.1) is 10.1 Å². The minimum Gasteiger partial charge on any atom is -0.477 e. The summed E-state index contributed by atoms with van der Waals surface area (Å²) in [5, 5.41) is 18.9. The number of rotatable bonds is 3. The molecule has 0 aliphatic heterocycles. The molecule has 6 nitrogen and oxygen atoms in total. The van der Waals surface area contributed by atoms with E-state index in [4.69, 9.17) is 5.11 Å². The molecule has 1 rings (SSSR count). The third-order valence-corrected chi connectivity index (χ3v) is 1.55. The van der Waals surface area contributed by atoms with Crippen LogP contribution in [-0.4, -0.2) is 21.0 Å². The van der Waals surface area contributed by atoms with Crippen LogP contribution in [0.1, 0.15) is 22.5 Å². The number of hydrogen-bond acceptors (Lipinski definition) is 4. The van der Waals surface area contributed by atoms with Gasteiger partial charge in [0.15, 0.2) is 0 Å². The minimum atomic E-state index is -2.97. The average Bonchev–Trinajstić information content (AvgIpc) is 2.16. The lowest BCUT2D eigenvalue weighted by Crippen LogP contribution is -2.05. The number of carboxylic acid groups (broad SMARTS) is 1. The van der Waals surface area contributed by atoms with Gasteiger partial charge in [0.2, 0.25) is 0 Å². The van der Waals surface area contributed by atoms with Gasteiger partial charge in [-0.3, -0.25) is 10.1 Å². The van der Waals surface area contributed by atoms with Crippen molar-refractivity contribution in [1.29, 1.82) is 0 Å². The van der Waals surface area contributed by atoms with E-state index < -0.39 is 34.3 Å². The molecule has 0 saturated heterocycles. The standard InChI is InChI=1S/C7H4F2N2O4/c8-6(9)4-1-3(7(12)13)5(2-10-4)11(14)15/h1-2,6H,(H,12,13). The van der Waals surface area contributed by atoms with Crippen molar-refractivity contribution in [3.05, 3.63) is 33.6 Å². The molecule has 0 spiro atoms. The second-order valence-corrected chi connectivity index (χ2v) is 2.49. The molecule has 0 aliphatic carbocycles. The Morgan fingerprint density at radius 2 is 2.20 bits per heavy atom. The number of aromatic nitrogens is 1. The number of nitro groups is 1. The zero-order chi connectivity index (χ0) is 11.6. The van der Waals surface area contributed by atoms with E-state index in [-0.39, 0.29) is 0 Å². The van der Waals surface area contributed by atoms with Crippen molar-refractivity contribution >= 4 is 11.7 Å². The van der Waals surface area contributed by atoms with Crippen LogP contribution in [-0.2, 0) is 0 Å². The van der Waals surface area contributed by atoms with E-state index in [9.17, 15) is 23.7 Å². The van der Waals surface area contributed by atoms with Crippen molar-refractivity contribution in [3.63, 3.8) is 0 Å². The summed E-state index contributed by atoms with van der Waals surface area (Å²) in [5.41, 5.74) is -2.42. The van der Waals surface area contributed by atoms with Crippen LogP contribution in [0.5, 0.6) is 0 Å². The maximum atomic E-state index is 12.1. The first-order chi connectivity index (χ1) is 6.93. The monoisotopic (exact) mass is 218 g/mol. The van der Waals surface area contributed by atoms with Crippen LogP contribution in [0.3, 0.4) is 0 Å². The molecule has 0 fully saturated rings. The van der Waals surface area contributed by atoms with Crippen LogP contribution in [0.25, 0.3) is 0 Å². The van der Waals surface area contributed by atoms with Gasteiger partial charge in [-0.1, -0.05) is 0 Å². The minimum absolute atomic E-state index is 0.491. The molecule has 1 aromatic rings. The number of carboxylic acids is 1. The van der Waals surface area contributed by atoms with Crippen molar-refractivity contribution < 1.29 is 23.6 Å². The Morgan fingerprint density at radius 1 is 1.60 bits per heavy atom. The molecule has 0 amide bonds. The third-order valence-electron chi connectivity index (χ3n) is 1.55. The van der Waals surface area contributed by atoms with Gasteiger partial charge in [-0.15, -0.1) is 0 Å². The third kappa shape index (κ3) is 2.22. The highest BCUT2D eigenvalue weighted by Gasteiger charge is 2.23. The highest BCUT2D eigenvalue weighted by atomic mass is 19.3.